The predicted octanol–water partition coefficient (Wildman–Crippen LogP) is 0.319. The highest BCUT2D eigenvalue weighted by Gasteiger charge is 2.38. The van der Waals surface area contributed by atoms with Gasteiger partial charge >= 0.3 is 0 Å². The number of nitrogens with zero attached hydrogens (tertiary/aromatic N) is 1. The van der Waals surface area contributed by atoms with E-state index in [0.717, 1.165) is 6.54 Å². The molecule has 1 atom stereocenters. The fourth-order valence-corrected chi connectivity index (χ4v) is 0.842. The van der Waals surface area contributed by atoms with E-state index in [1.807, 2.05) is 0 Å². The van der Waals surface area contributed by atoms with Crippen molar-refractivity contribution in [3.63, 3.8) is 0 Å². The first-order chi connectivity index (χ1) is 4.46. The molecular formula is C7H15N3. The summed E-state index contributed by atoms with van der Waals surface area (Å²) >= 11 is 0. The molecule has 0 amide bonds. The summed E-state index contributed by atoms with van der Waals surface area (Å²) in [4.78, 5) is 0. The molecule has 1 aliphatic heterocycles. The van der Waals surface area contributed by atoms with Crippen LogP contribution in [-0.2, 0) is 0 Å². The highest BCUT2D eigenvalue weighted by atomic mass is 15.3. The van der Waals surface area contributed by atoms with Crippen LogP contribution in [0.2, 0.25) is 0 Å². The lowest BCUT2D eigenvalue weighted by Gasteiger charge is -2.34. The van der Waals surface area contributed by atoms with Gasteiger partial charge in [-0.3, -0.25) is 0 Å². The first-order valence-electron chi connectivity index (χ1n) is 3.52. The summed E-state index contributed by atoms with van der Waals surface area (Å²) in [6, 6.07) is 0. The minimum atomic E-state index is -0.271. The zero-order valence-electron chi connectivity index (χ0n) is 6.81. The number of rotatable bonds is 0. The number of hydrogen-bond acceptors (Lipinski definition) is 3. The maximum atomic E-state index is 6.02. The summed E-state index contributed by atoms with van der Waals surface area (Å²) in [6.07, 6.45) is 1.80. The van der Waals surface area contributed by atoms with Crippen molar-refractivity contribution < 1.29 is 0 Å². The van der Waals surface area contributed by atoms with E-state index >= 15 is 0 Å². The van der Waals surface area contributed by atoms with Crippen LogP contribution in [0.5, 0.6) is 0 Å². The normalized spacial score (nSPS) is 32.4. The SMILES string of the molecule is CC(C)(C)C1(N)C=NNC1. The molecule has 0 fully saturated rings. The summed E-state index contributed by atoms with van der Waals surface area (Å²) in [6.45, 7) is 7.10. The first kappa shape index (κ1) is 7.54. The molecule has 10 heavy (non-hydrogen) atoms. The molecule has 0 spiro atoms. The second-order valence-electron chi connectivity index (χ2n) is 3.88. The van der Waals surface area contributed by atoms with E-state index in [-0.39, 0.29) is 11.0 Å². The van der Waals surface area contributed by atoms with E-state index in [0.29, 0.717) is 0 Å². The van der Waals surface area contributed by atoms with Crippen molar-refractivity contribution in [3.05, 3.63) is 0 Å². The van der Waals surface area contributed by atoms with Crippen molar-refractivity contribution in [1.82, 2.24) is 5.43 Å². The van der Waals surface area contributed by atoms with E-state index in [1.54, 1.807) is 6.21 Å². The third kappa shape index (κ3) is 1.01. The second-order valence-corrected chi connectivity index (χ2v) is 3.88. The Balaban J connectivity index is 2.78. The maximum absolute atomic E-state index is 6.02. The van der Waals surface area contributed by atoms with Gasteiger partial charge in [0.2, 0.25) is 0 Å². The van der Waals surface area contributed by atoms with Crippen LogP contribution in [0.1, 0.15) is 20.8 Å². The maximum Gasteiger partial charge on any atom is 0.0771 e. The van der Waals surface area contributed by atoms with Gasteiger partial charge in [0.1, 0.15) is 0 Å². The van der Waals surface area contributed by atoms with E-state index in [2.05, 4.69) is 31.3 Å². The molecule has 1 heterocycles. The topological polar surface area (TPSA) is 50.4 Å². The smallest absolute Gasteiger partial charge is 0.0771 e. The van der Waals surface area contributed by atoms with Gasteiger partial charge in [0.05, 0.1) is 12.1 Å². The minimum absolute atomic E-state index is 0.0833. The molecule has 0 radical (unpaired) electrons. The molecular weight excluding hydrogens is 126 g/mol. The number of nitrogens with two attached hydrogens (primary N) is 1. The Morgan fingerprint density at radius 1 is 1.60 bits per heavy atom. The fraction of sp³-hybridized carbons (Fsp3) is 0.857. The van der Waals surface area contributed by atoms with Gasteiger partial charge in [0.15, 0.2) is 0 Å². The molecule has 1 rings (SSSR count). The molecule has 0 saturated heterocycles. The first-order valence-corrected chi connectivity index (χ1v) is 3.52. The largest absolute Gasteiger partial charge is 0.319 e. The minimum Gasteiger partial charge on any atom is -0.319 e. The molecule has 1 aliphatic rings. The lowest BCUT2D eigenvalue weighted by molar-refractivity contribution is 0.273. The van der Waals surface area contributed by atoms with Gasteiger partial charge in [-0.25, -0.2) is 0 Å². The van der Waals surface area contributed by atoms with Gasteiger partial charge in [-0.2, -0.15) is 5.10 Å². The Kier molecular flexibility index (Phi) is 1.47. The second kappa shape index (κ2) is 1.95. The summed E-state index contributed by atoms with van der Waals surface area (Å²) < 4.78 is 0. The standard InChI is InChI=1S/C7H15N3/c1-6(2,3)7(8)4-9-10-5-7/h4,10H,5,8H2,1-3H3. The van der Waals surface area contributed by atoms with Crippen molar-refractivity contribution in [2.24, 2.45) is 16.3 Å². The Morgan fingerprint density at radius 2 is 2.20 bits per heavy atom. The number of hydrogen-bond donors (Lipinski definition) is 2. The molecule has 0 aromatic carbocycles. The average molecular weight is 141 g/mol. The lowest BCUT2D eigenvalue weighted by atomic mass is 9.75. The molecule has 0 bridgehead atoms. The van der Waals surface area contributed by atoms with Crippen LogP contribution in [0.25, 0.3) is 0 Å². The summed E-state index contributed by atoms with van der Waals surface area (Å²) in [5.41, 5.74) is 8.70. The lowest BCUT2D eigenvalue weighted by Crippen LogP contribution is -2.55. The quantitative estimate of drug-likeness (QED) is 0.510. The third-order valence-electron chi connectivity index (χ3n) is 2.15. The monoisotopic (exact) mass is 141 g/mol. The summed E-state index contributed by atoms with van der Waals surface area (Å²) in [7, 11) is 0. The summed E-state index contributed by atoms with van der Waals surface area (Å²) in [5.74, 6) is 0. The van der Waals surface area contributed by atoms with Crippen LogP contribution >= 0.6 is 0 Å². The fourth-order valence-electron chi connectivity index (χ4n) is 0.842. The Labute approximate surface area is 61.7 Å². The van der Waals surface area contributed by atoms with Crippen LogP contribution in [0.15, 0.2) is 5.10 Å². The Morgan fingerprint density at radius 3 is 2.40 bits per heavy atom. The average Bonchev–Trinajstić information content (AvgIpc) is 2.13. The van der Waals surface area contributed by atoms with Crippen LogP contribution in [0.3, 0.4) is 0 Å². The molecule has 58 valence electrons. The molecule has 3 nitrogen and oxygen atoms in total. The van der Waals surface area contributed by atoms with Crippen LogP contribution in [-0.4, -0.2) is 18.3 Å². The highest BCUT2D eigenvalue weighted by molar-refractivity contribution is 5.73. The van der Waals surface area contributed by atoms with Crippen LogP contribution in [0.4, 0.5) is 0 Å². The van der Waals surface area contributed by atoms with Crippen molar-refractivity contribution >= 4 is 6.21 Å². The predicted molar refractivity (Wildman–Crippen MR) is 42.9 cm³/mol. The number of nitrogens with one attached hydrogen (secondary N) is 1. The Bertz CT molecular complexity index is 157. The summed E-state index contributed by atoms with van der Waals surface area (Å²) in [5, 5.41) is 3.90. The van der Waals surface area contributed by atoms with Crippen molar-refractivity contribution in [2.45, 2.75) is 26.3 Å². The van der Waals surface area contributed by atoms with Crippen LogP contribution < -0.4 is 11.2 Å². The van der Waals surface area contributed by atoms with Gasteiger partial charge in [0.25, 0.3) is 0 Å². The van der Waals surface area contributed by atoms with Gasteiger partial charge in [0, 0.05) is 6.21 Å². The van der Waals surface area contributed by atoms with E-state index < -0.39 is 0 Å². The van der Waals surface area contributed by atoms with Crippen molar-refractivity contribution in [3.8, 4) is 0 Å². The zero-order chi connectivity index (χ0) is 7.83. The third-order valence-corrected chi connectivity index (χ3v) is 2.15. The molecule has 0 saturated carbocycles. The van der Waals surface area contributed by atoms with E-state index in [1.165, 1.54) is 0 Å². The highest BCUT2D eigenvalue weighted by Crippen LogP contribution is 2.27. The number of hydrazone groups is 1. The zero-order valence-corrected chi connectivity index (χ0v) is 6.81. The molecule has 0 aliphatic carbocycles. The van der Waals surface area contributed by atoms with Gasteiger partial charge in [-0.05, 0) is 5.41 Å². The van der Waals surface area contributed by atoms with Gasteiger partial charge < -0.3 is 11.2 Å². The van der Waals surface area contributed by atoms with E-state index in [4.69, 9.17) is 5.73 Å². The molecule has 0 aromatic rings. The molecule has 1 unspecified atom stereocenters. The van der Waals surface area contributed by atoms with Crippen LogP contribution in [0, 0.1) is 5.41 Å². The van der Waals surface area contributed by atoms with Gasteiger partial charge in [-0.1, -0.05) is 20.8 Å². The van der Waals surface area contributed by atoms with E-state index in [9.17, 15) is 0 Å². The Hall–Kier alpha value is -0.570. The van der Waals surface area contributed by atoms with Gasteiger partial charge in [-0.15, -0.1) is 0 Å². The molecule has 3 N–H and O–H groups in total. The molecule has 0 aromatic heterocycles. The van der Waals surface area contributed by atoms with Crippen molar-refractivity contribution in [2.75, 3.05) is 6.54 Å². The van der Waals surface area contributed by atoms with Crippen molar-refractivity contribution in [1.29, 1.82) is 0 Å². The molecule has 3 heteroatoms.